The molecule has 0 aliphatic carbocycles. The van der Waals surface area contributed by atoms with Gasteiger partial charge in [0, 0.05) is 12.2 Å². The topological polar surface area (TPSA) is 44.8 Å². The first-order valence-corrected chi connectivity index (χ1v) is 11.1. The molecule has 0 spiro atoms. The molecule has 0 amide bonds. The number of hydrogen-bond acceptors (Lipinski definition) is 6. The lowest BCUT2D eigenvalue weighted by molar-refractivity contribution is -0.140. The van der Waals surface area contributed by atoms with E-state index >= 15 is 0 Å². The van der Waals surface area contributed by atoms with Gasteiger partial charge in [-0.05, 0) is 30.1 Å². The fourth-order valence-electron chi connectivity index (χ4n) is 1.09. The summed E-state index contributed by atoms with van der Waals surface area (Å²) >= 11 is 7.09. The molecule has 0 aromatic rings. The largest absolute Gasteiger partial charge is 0.469 e. The Balaban J connectivity index is 4.22. The van der Waals surface area contributed by atoms with Gasteiger partial charge in [-0.2, -0.15) is 0 Å². The van der Waals surface area contributed by atoms with Crippen LogP contribution in [-0.4, -0.2) is 32.0 Å². The molecule has 0 heterocycles. The monoisotopic (exact) mass is 342 g/mol. The smallest absolute Gasteiger partial charge is 0.305 e. The molecule has 0 radical (unpaired) electrons. The minimum atomic E-state index is -2.30. The van der Waals surface area contributed by atoms with Crippen LogP contribution < -0.4 is 0 Å². The lowest BCUT2D eigenvalue weighted by Gasteiger charge is -2.23. The van der Waals surface area contributed by atoms with Gasteiger partial charge in [0.15, 0.2) is 0 Å². The summed E-state index contributed by atoms with van der Waals surface area (Å²) in [7, 11) is 1.40. The highest BCUT2D eigenvalue weighted by Gasteiger charge is 2.21. The molecule has 0 rings (SSSR count). The van der Waals surface area contributed by atoms with E-state index in [2.05, 4.69) is 32.4 Å². The van der Waals surface area contributed by atoms with E-state index in [1.54, 1.807) is 0 Å². The van der Waals surface area contributed by atoms with Gasteiger partial charge in [0.1, 0.15) is 0 Å². The number of methoxy groups -OCH3 is 1. The summed E-state index contributed by atoms with van der Waals surface area (Å²) in [5.74, 6) is 1.42. The normalized spacial score (nSPS) is 12.2. The van der Waals surface area contributed by atoms with Crippen molar-refractivity contribution in [2.24, 2.45) is 11.8 Å². The molecule has 0 aromatic carbocycles. The molecule has 4 nitrogen and oxygen atoms in total. The molecule has 0 aliphatic heterocycles. The van der Waals surface area contributed by atoms with Crippen molar-refractivity contribution in [2.75, 3.05) is 26.1 Å². The van der Waals surface area contributed by atoms with Gasteiger partial charge in [-0.3, -0.25) is 4.79 Å². The molecule has 0 atom stereocenters. The minimum Gasteiger partial charge on any atom is -0.469 e. The first-order valence-electron chi connectivity index (χ1n) is 6.89. The van der Waals surface area contributed by atoms with Gasteiger partial charge in [-0.15, -0.1) is 0 Å². The van der Waals surface area contributed by atoms with Gasteiger partial charge in [-0.1, -0.05) is 39.1 Å². The quantitative estimate of drug-likeness (QED) is 0.318. The molecule has 0 N–H and O–H groups in total. The summed E-state index contributed by atoms with van der Waals surface area (Å²) in [5, 5.41) is 0. The van der Waals surface area contributed by atoms with Crippen molar-refractivity contribution in [2.45, 2.75) is 40.5 Å². The minimum absolute atomic E-state index is 0.190. The summed E-state index contributed by atoms with van der Waals surface area (Å²) in [6, 6.07) is 0. The van der Waals surface area contributed by atoms with Crippen LogP contribution in [0.5, 0.6) is 0 Å². The molecule has 0 unspecified atom stereocenters. The van der Waals surface area contributed by atoms with Crippen LogP contribution in [0.3, 0.4) is 0 Å². The molecular formula is C13H27O4PS2. The summed E-state index contributed by atoms with van der Waals surface area (Å²) in [6.45, 7) is 9.57. The molecular weight excluding hydrogens is 315 g/mol. The van der Waals surface area contributed by atoms with Gasteiger partial charge in [-0.25, -0.2) is 0 Å². The molecule has 20 heavy (non-hydrogen) atoms. The third-order valence-electron chi connectivity index (χ3n) is 2.13. The Bertz CT molecular complexity index is 305. The second-order valence-electron chi connectivity index (χ2n) is 5.34. The Morgan fingerprint density at radius 1 is 1.15 bits per heavy atom. The summed E-state index contributed by atoms with van der Waals surface area (Å²) in [4.78, 5) is 11.1. The van der Waals surface area contributed by atoms with Crippen LogP contribution in [0.1, 0.15) is 40.5 Å². The molecule has 0 aliphatic rings. The maximum Gasteiger partial charge on any atom is 0.305 e. The maximum absolute atomic E-state index is 11.1. The Labute approximate surface area is 132 Å². The predicted molar refractivity (Wildman–Crippen MR) is 89.6 cm³/mol. The zero-order valence-electron chi connectivity index (χ0n) is 13.1. The predicted octanol–water partition coefficient (Wildman–Crippen LogP) is 4.24. The second-order valence-corrected chi connectivity index (χ2v) is 11.8. The summed E-state index contributed by atoms with van der Waals surface area (Å²) < 4.78 is 16.3. The van der Waals surface area contributed by atoms with Crippen molar-refractivity contribution < 1.29 is 18.6 Å². The van der Waals surface area contributed by atoms with Gasteiger partial charge in [0.25, 0.3) is 0 Å². The number of ether oxygens (including phenoxy) is 1. The zero-order chi connectivity index (χ0) is 15.6. The number of esters is 1. The summed E-state index contributed by atoms with van der Waals surface area (Å²) in [6.07, 6.45) is 1.14. The average Bonchev–Trinajstić information content (AvgIpc) is 2.39. The number of hydrogen-bond donors (Lipinski definition) is 0. The van der Waals surface area contributed by atoms with Crippen LogP contribution in [0, 0.1) is 11.8 Å². The lowest BCUT2D eigenvalue weighted by atomic mass is 10.2. The maximum atomic E-state index is 11.1. The van der Waals surface area contributed by atoms with Crippen LogP contribution in [0.25, 0.3) is 0 Å². The van der Waals surface area contributed by atoms with E-state index in [1.165, 1.54) is 18.5 Å². The van der Waals surface area contributed by atoms with Crippen LogP contribution in [-0.2, 0) is 30.4 Å². The van der Waals surface area contributed by atoms with E-state index in [9.17, 15) is 4.79 Å². The Hall–Kier alpha value is 0.390. The zero-order valence-corrected chi connectivity index (χ0v) is 15.6. The number of rotatable bonds is 11. The fraction of sp³-hybridized carbons (Fsp3) is 0.923. The van der Waals surface area contributed by atoms with Crippen molar-refractivity contribution >= 4 is 34.9 Å². The Morgan fingerprint density at radius 3 is 2.05 bits per heavy atom. The standard InChI is InChI=1S/C13H27O4PS2/c1-11(2)9-16-18(19,17-10-12(3)4)20-8-6-7-13(14)15-5/h11-12H,6-10H2,1-5H3. The lowest BCUT2D eigenvalue weighted by Crippen LogP contribution is -2.05. The first kappa shape index (κ1) is 20.4. The van der Waals surface area contributed by atoms with E-state index in [0.29, 0.717) is 31.5 Å². The van der Waals surface area contributed by atoms with Gasteiger partial charge in [0.2, 0.25) is 5.69 Å². The van der Waals surface area contributed by atoms with Gasteiger partial charge in [0.05, 0.1) is 20.3 Å². The molecule has 7 heteroatoms. The van der Waals surface area contributed by atoms with Crippen molar-refractivity contribution in [1.29, 1.82) is 0 Å². The molecule has 0 bridgehead atoms. The van der Waals surface area contributed by atoms with Crippen molar-refractivity contribution in [3.63, 3.8) is 0 Å². The third-order valence-corrected chi connectivity index (χ3v) is 7.56. The van der Waals surface area contributed by atoms with Crippen molar-refractivity contribution in [3.05, 3.63) is 0 Å². The van der Waals surface area contributed by atoms with Crippen LogP contribution >= 0.6 is 17.1 Å². The van der Waals surface area contributed by atoms with Crippen molar-refractivity contribution in [3.8, 4) is 0 Å². The first-order chi connectivity index (χ1) is 9.29. The molecule has 0 saturated heterocycles. The van der Waals surface area contributed by atoms with E-state index in [-0.39, 0.29) is 5.97 Å². The highest BCUT2D eigenvalue weighted by atomic mass is 32.9. The highest BCUT2D eigenvalue weighted by molar-refractivity contribution is 8.67. The second kappa shape index (κ2) is 11.0. The van der Waals surface area contributed by atoms with E-state index in [4.69, 9.17) is 20.9 Å². The SMILES string of the molecule is COC(=O)CCCSP(=S)(OCC(C)C)OCC(C)C. The van der Waals surface area contributed by atoms with Crippen LogP contribution in [0.2, 0.25) is 0 Å². The van der Waals surface area contributed by atoms with E-state index in [1.807, 2.05) is 0 Å². The van der Waals surface area contributed by atoms with E-state index < -0.39 is 5.69 Å². The molecule has 0 fully saturated rings. The van der Waals surface area contributed by atoms with Crippen molar-refractivity contribution in [1.82, 2.24) is 0 Å². The average molecular weight is 342 g/mol. The fourth-order valence-corrected chi connectivity index (χ4v) is 5.68. The van der Waals surface area contributed by atoms with E-state index in [0.717, 1.165) is 12.2 Å². The molecule has 120 valence electrons. The Morgan fingerprint density at radius 2 is 1.65 bits per heavy atom. The number of carbonyl (C=O) groups excluding carboxylic acids is 1. The van der Waals surface area contributed by atoms with Crippen LogP contribution in [0.15, 0.2) is 0 Å². The molecule has 0 saturated carbocycles. The van der Waals surface area contributed by atoms with Gasteiger partial charge < -0.3 is 13.8 Å². The highest BCUT2D eigenvalue weighted by Crippen LogP contribution is 2.61. The third kappa shape index (κ3) is 11.1. The number of carbonyl (C=O) groups is 1. The van der Waals surface area contributed by atoms with Gasteiger partial charge >= 0.3 is 5.97 Å². The van der Waals surface area contributed by atoms with Crippen LogP contribution in [0.4, 0.5) is 0 Å². The Kier molecular flexibility index (Phi) is 11.2. The summed E-state index contributed by atoms with van der Waals surface area (Å²) in [5.41, 5.74) is -2.30. The molecule has 0 aromatic heterocycles.